The Balaban J connectivity index is 1.55. The van der Waals surface area contributed by atoms with Crippen molar-refractivity contribution in [3.05, 3.63) is 48.6 Å². The van der Waals surface area contributed by atoms with Crippen LogP contribution in [0.5, 0.6) is 0 Å². The first-order valence-electron chi connectivity index (χ1n) is 9.79. The Morgan fingerprint density at radius 2 is 1.93 bits per heavy atom. The third kappa shape index (κ3) is 2.68. The SMILES string of the molecule is CCc1cnc2ncc(-c3ccn4nc(C5(N)CCC(N)CC5)ncc34)cn12. The molecule has 1 fully saturated rings. The number of fused-ring (bicyclic) bond motifs is 2. The second-order valence-electron chi connectivity index (χ2n) is 7.75. The van der Waals surface area contributed by atoms with Crippen LogP contribution in [0.3, 0.4) is 0 Å². The average Bonchev–Trinajstić information content (AvgIpc) is 3.33. The van der Waals surface area contributed by atoms with Gasteiger partial charge in [-0.3, -0.25) is 4.40 Å². The van der Waals surface area contributed by atoms with Gasteiger partial charge in [-0.05, 0) is 38.2 Å². The normalized spacial score (nSPS) is 22.9. The van der Waals surface area contributed by atoms with Crippen molar-refractivity contribution in [1.29, 1.82) is 0 Å². The van der Waals surface area contributed by atoms with Gasteiger partial charge in [0.2, 0.25) is 5.78 Å². The van der Waals surface area contributed by atoms with Gasteiger partial charge in [-0.15, -0.1) is 0 Å². The molecule has 1 saturated carbocycles. The number of nitrogens with zero attached hydrogens (tertiary/aromatic N) is 6. The van der Waals surface area contributed by atoms with Gasteiger partial charge >= 0.3 is 0 Å². The van der Waals surface area contributed by atoms with Crippen molar-refractivity contribution in [2.75, 3.05) is 0 Å². The van der Waals surface area contributed by atoms with Gasteiger partial charge in [0.1, 0.15) is 0 Å². The van der Waals surface area contributed by atoms with E-state index in [1.165, 1.54) is 0 Å². The van der Waals surface area contributed by atoms with Crippen LogP contribution in [0.1, 0.15) is 44.1 Å². The molecule has 0 aliphatic heterocycles. The van der Waals surface area contributed by atoms with E-state index in [1.54, 1.807) is 0 Å². The smallest absolute Gasteiger partial charge is 0.233 e. The molecule has 4 aromatic heterocycles. The van der Waals surface area contributed by atoms with Crippen LogP contribution in [-0.4, -0.2) is 35.0 Å². The first-order chi connectivity index (χ1) is 13.6. The Hall–Kier alpha value is -2.84. The molecule has 8 nitrogen and oxygen atoms in total. The van der Waals surface area contributed by atoms with E-state index >= 15 is 0 Å². The molecule has 1 aliphatic rings. The van der Waals surface area contributed by atoms with Crippen LogP contribution in [0.2, 0.25) is 0 Å². The number of imidazole rings is 1. The predicted molar refractivity (Wildman–Crippen MR) is 107 cm³/mol. The molecule has 28 heavy (non-hydrogen) atoms. The molecule has 1 aliphatic carbocycles. The van der Waals surface area contributed by atoms with Gasteiger partial charge < -0.3 is 11.5 Å². The van der Waals surface area contributed by atoms with Crippen molar-refractivity contribution in [2.45, 2.75) is 50.6 Å². The van der Waals surface area contributed by atoms with Gasteiger partial charge in [-0.1, -0.05) is 6.92 Å². The highest BCUT2D eigenvalue weighted by Crippen LogP contribution is 2.33. The lowest BCUT2D eigenvalue weighted by Gasteiger charge is -2.34. The second kappa shape index (κ2) is 6.35. The summed E-state index contributed by atoms with van der Waals surface area (Å²) in [6, 6.07) is 2.27. The molecule has 0 atom stereocenters. The van der Waals surface area contributed by atoms with Crippen LogP contribution >= 0.6 is 0 Å². The Bertz CT molecular complexity index is 1150. The Labute approximate surface area is 162 Å². The lowest BCUT2D eigenvalue weighted by Crippen LogP contribution is -2.45. The molecule has 4 aromatic rings. The monoisotopic (exact) mass is 376 g/mol. The summed E-state index contributed by atoms with van der Waals surface area (Å²) in [5.74, 6) is 1.40. The number of aryl methyl sites for hydroxylation is 1. The lowest BCUT2D eigenvalue weighted by molar-refractivity contribution is 0.262. The van der Waals surface area contributed by atoms with Crippen LogP contribution in [0.15, 0.2) is 37.1 Å². The number of aromatic nitrogens is 6. The Morgan fingerprint density at radius 1 is 1.14 bits per heavy atom. The molecule has 4 heterocycles. The highest BCUT2D eigenvalue weighted by molar-refractivity contribution is 5.79. The van der Waals surface area contributed by atoms with E-state index in [1.807, 2.05) is 39.8 Å². The summed E-state index contributed by atoms with van der Waals surface area (Å²) in [4.78, 5) is 13.5. The van der Waals surface area contributed by atoms with Gasteiger partial charge in [0, 0.05) is 41.5 Å². The zero-order chi connectivity index (χ0) is 19.3. The van der Waals surface area contributed by atoms with E-state index < -0.39 is 5.54 Å². The minimum Gasteiger partial charge on any atom is -0.328 e. The lowest BCUT2D eigenvalue weighted by atomic mass is 9.80. The van der Waals surface area contributed by atoms with E-state index in [0.29, 0.717) is 11.6 Å². The van der Waals surface area contributed by atoms with Gasteiger partial charge in [-0.25, -0.2) is 19.5 Å². The predicted octanol–water partition coefficient (Wildman–Crippen LogP) is 2.06. The van der Waals surface area contributed by atoms with Gasteiger partial charge in [-0.2, -0.15) is 5.10 Å². The topological polar surface area (TPSA) is 112 Å². The highest BCUT2D eigenvalue weighted by Gasteiger charge is 2.35. The van der Waals surface area contributed by atoms with Gasteiger partial charge in [0.25, 0.3) is 0 Å². The van der Waals surface area contributed by atoms with Crippen LogP contribution in [0.4, 0.5) is 0 Å². The molecular weight excluding hydrogens is 352 g/mol. The maximum atomic E-state index is 6.62. The van der Waals surface area contributed by atoms with Crippen LogP contribution in [0, 0.1) is 0 Å². The van der Waals surface area contributed by atoms with Crippen molar-refractivity contribution in [2.24, 2.45) is 11.5 Å². The molecule has 5 rings (SSSR count). The minimum atomic E-state index is -0.498. The van der Waals surface area contributed by atoms with Crippen LogP contribution < -0.4 is 11.5 Å². The fourth-order valence-electron chi connectivity index (χ4n) is 4.07. The quantitative estimate of drug-likeness (QED) is 0.566. The molecule has 144 valence electrons. The molecule has 0 unspecified atom stereocenters. The summed E-state index contributed by atoms with van der Waals surface area (Å²) in [5, 5.41) is 4.73. The molecule has 4 N–H and O–H groups in total. The minimum absolute atomic E-state index is 0.234. The van der Waals surface area contributed by atoms with Crippen LogP contribution in [-0.2, 0) is 12.0 Å². The number of hydrogen-bond acceptors (Lipinski definition) is 6. The van der Waals surface area contributed by atoms with E-state index in [0.717, 1.165) is 54.4 Å². The molecule has 0 radical (unpaired) electrons. The molecular formula is C20H24N8. The molecule has 0 aromatic carbocycles. The fraction of sp³-hybridized carbons (Fsp3) is 0.400. The number of hydrogen-bond donors (Lipinski definition) is 2. The third-order valence-electron chi connectivity index (χ3n) is 5.90. The summed E-state index contributed by atoms with van der Waals surface area (Å²) in [6.07, 6.45) is 13.9. The maximum Gasteiger partial charge on any atom is 0.233 e. The van der Waals surface area contributed by atoms with Gasteiger partial charge in [0.05, 0.1) is 23.4 Å². The van der Waals surface area contributed by atoms with E-state index in [-0.39, 0.29) is 6.04 Å². The summed E-state index contributed by atoms with van der Waals surface area (Å²) < 4.78 is 3.90. The Kier molecular flexibility index (Phi) is 3.92. The van der Waals surface area contributed by atoms with E-state index in [9.17, 15) is 0 Å². The van der Waals surface area contributed by atoms with Crippen molar-refractivity contribution < 1.29 is 0 Å². The average molecular weight is 376 g/mol. The highest BCUT2D eigenvalue weighted by atomic mass is 15.3. The van der Waals surface area contributed by atoms with E-state index in [2.05, 4.69) is 28.1 Å². The number of nitrogens with two attached hydrogens (primary N) is 2. The van der Waals surface area contributed by atoms with Crippen molar-refractivity contribution in [3.8, 4) is 11.1 Å². The third-order valence-corrected chi connectivity index (χ3v) is 5.90. The summed E-state index contributed by atoms with van der Waals surface area (Å²) in [7, 11) is 0. The first-order valence-corrected chi connectivity index (χ1v) is 9.79. The zero-order valence-electron chi connectivity index (χ0n) is 15.9. The zero-order valence-corrected chi connectivity index (χ0v) is 15.9. The number of rotatable bonds is 3. The maximum absolute atomic E-state index is 6.62. The summed E-state index contributed by atoms with van der Waals surface area (Å²) >= 11 is 0. The molecule has 0 bridgehead atoms. The molecule has 0 spiro atoms. The van der Waals surface area contributed by atoms with Crippen molar-refractivity contribution in [3.63, 3.8) is 0 Å². The first kappa shape index (κ1) is 17.3. The van der Waals surface area contributed by atoms with E-state index in [4.69, 9.17) is 16.6 Å². The van der Waals surface area contributed by atoms with Gasteiger partial charge in [0.15, 0.2) is 5.82 Å². The molecule has 0 saturated heterocycles. The van der Waals surface area contributed by atoms with Crippen molar-refractivity contribution >= 4 is 11.3 Å². The summed E-state index contributed by atoms with van der Waals surface area (Å²) in [6.45, 7) is 2.11. The Morgan fingerprint density at radius 3 is 2.71 bits per heavy atom. The largest absolute Gasteiger partial charge is 0.328 e. The molecule has 8 heteroatoms. The standard InChI is InChI=1S/C20H24N8/c1-2-15-10-25-19-24-9-13(12-27(15)19)16-5-8-28-17(16)11-23-18(26-28)20(22)6-3-14(21)4-7-20/h5,8-12,14H,2-4,6-7,21-22H2,1H3. The van der Waals surface area contributed by atoms with Crippen molar-refractivity contribution in [1.82, 2.24) is 29.0 Å². The second-order valence-corrected chi connectivity index (χ2v) is 7.75. The molecule has 0 amide bonds. The van der Waals surface area contributed by atoms with Crippen LogP contribution in [0.25, 0.3) is 22.4 Å². The fourth-order valence-corrected chi connectivity index (χ4v) is 4.07. The summed E-state index contributed by atoms with van der Waals surface area (Å²) in [5.41, 5.74) is 16.3.